The van der Waals surface area contributed by atoms with E-state index in [0.29, 0.717) is 0 Å². The molecule has 0 saturated carbocycles. The van der Waals surface area contributed by atoms with E-state index in [-0.39, 0.29) is 0 Å². The molecule has 0 aliphatic heterocycles. The van der Waals surface area contributed by atoms with E-state index in [0.717, 1.165) is 62.2 Å². The van der Waals surface area contributed by atoms with Crippen molar-refractivity contribution in [1.82, 2.24) is 13.7 Å². The van der Waals surface area contributed by atoms with Crippen LogP contribution in [0.1, 0.15) is 0 Å². The molecule has 3 aromatic heterocycles. The number of rotatable bonds is 9. The molecule has 370 valence electrons. The Morgan fingerprint density at radius 1 is 0.190 bits per heavy atom. The summed E-state index contributed by atoms with van der Waals surface area (Å²) in [7, 11) is 0. The summed E-state index contributed by atoms with van der Waals surface area (Å²) >= 11 is 0. The fraction of sp³-hybridized carbons (Fsp3) is 0. The van der Waals surface area contributed by atoms with Crippen molar-refractivity contribution in [1.29, 1.82) is 0 Å². The van der Waals surface area contributed by atoms with Gasteiger partial charge in [0.1, 0.15) is 0 Å². The largest absolute Gasteiger partial charge is 0.310 e. The van der Waals surface area contributed by atoms with Crippen molar-refractivity contribution in [3.8, 4) is 17.1 Å². The van der Waals surface area contributed by atoms with Crippen molar-refractivity contribution in [3.63, 3.8) is 0 Å². The Balaban J connectivity index is 0.985. The SMILES string of the molecule is c1ccc(N(c2ccc3c(c2)c2ccccc2n3-c2ccccc2)c2cc3c(c4ccccc24)c2c4ccccc4c(N(c4ccccc4)c4ccc5c(c4)c4ccccc4n5-c4ccccc4)cc2n3-c2ccccc2)cc1. The van der Waals surface area contributed by atoms with Crippen molar-refractivity contribution in [2.75, 3.05) is 9.80 Å². The Morgan fingerprint density at radius 3 is 0.861 bits per heavy atom. The van der Waals surface area contributed by atoms with Crippen LogP contribution in [0.2, 0.25) is 0 Å². The number of para-hydroxylation sites is 7. The van der Waals surface area contributed by atoms with E-state index in [1.165, 1.54) is 75.9 Å². The maximum absolute atomic E-state index is 2.51. The lowest BCUT2D eigenvalue weighted by Gasteiger charge is -2.27. The number of nitrogens with zero attached hydrogens (tertiary/aromatic N) is 5. The first-order chi connectivity index (χ1) is 39.2. The minimum absolute atomic E-state index is 1.08. The van der Waals surface area contributed by atoms with E-state index in [1.807, 2.05) is 0 Å². The van der Waals surface area contributed by atoms with Gasteiger partial charge in [0.15, 0.2) is 0 Å². The molecule has 5 heteroatoms. The van der Waals surface area contributed by atoms with Crippen LogP contribution in [0.15, 0.2) is 297 Å². The van der Waals surface area contributed by atoms with Gasteiger partial charge in [0, 0.05) is 82.9 Å². The second-order valence-corrected chi connectivity index (χ2v) is 20.5. The molecule has 5 nitrogen and oxygen atoms in total. The summed E-state index contributed by atoms with van der Waals surface area (Å²) in [6.45, 7) is 0. The fourth-order valence-corrected chi connectivity index (χ4v) is 12.8. The van der Waals surface area contributed by atoms with E-state index in [1.54, 1.807) is 0 Å². The van der Waals surface area contributed by atoms with Crippen LogP contribution >= 0.6 is 0 Å². The van der Waals surface area contributed by atoms with Gasteiger partial charge in [-0.2, -0.15) is 0 Å². The van der Waals surface area contributed by atoms with Gasteiger partial charge in [0.25, 0.3) is 0 Å². The number of benzene rings is 13. The zero-order valence-corrected chi connectivity index (χ0v) is 43.0. The minimum atomic E-state index is 1.08. The number of hydrogen-bond donors (Lipinski definition) is 0. The van der Waals surface area contributed by atoms with Gasteiger partial charge in [0.2, 0.25) is 0 Å². The van der Waals surface area contributed by atoms with Crippen molar-refractivity contribution in [3.05, 3.63) is 297 Å². The van der Waals surface area contributed by atoms with E-state index in [9.17, 15) is 0 Å². The van der Waals surface area contributed by atoms with Gasteiger partial charge < -0.3 is 23.5 Å². The Bertz CT molecular complexity index is 4700. The molecule has 0 bridgehead atoms. The molecule has 0 amide bonds. The lowest BCUT2D eigenvalue weighted by atomic mass is 9.96. The average molecular weight is 1010 g/mol. The van der Waals surface area contributed by atoms with Gasteiger partial charge in [-0.25, -0.2) is 0 Å². The highest BCUT2D eigenvalue weighted by Gasteiger charge is 2.27. The first-order valence-corrected chi connectivity index (χ1v) is 27.1. The van der Waals surface area contributed by atoms with Crippen LogP contribution in [-0.4, -0.2) is 13.7 Å². The van der Waals surface area contributed by atoms with Gasteiger partial charge in [0.05, 0.1) is 44.5 Å². The Morgan fingerprint density at radius 2 is 0.481 bits per heavy atom. The monoisotopic (exact) mass is 1010 g/mol. The van der Waals surface area contributed by atoms with Gasteiger partial charge in [-0.1, -0.05) is 176 Å². The fourth-order valence-electron chi connectivity index (χ4n) is 12.8. The molecule has 0 radical (unpaired) electrons. The van der Waals surface area contributed by atoms with Gasteiger partial charge in [-0.3, -0.25) is 0 Å². The first-order valence-electron chi connectivity index (χ1n) is 27.1. The van der Waals surface area contributed by atoms with Crippen LogP contribution in [0.25, 0.3) is 104 Å². The Hall–Kier alpha value is -10.6. The molecule has 0 aliphatic rings. The zero-order chi connectivity index (χ0) is 52.0. The van der Waals surface area contributed by atoms with Crippen molar-refractivity contribution >= 4 is 121 Å². The quantitative estimate of drug-likeness (QED) is 0.144. The zero-order valence-electron chi connectivity index (χ0n) is 43.0. The topological polar surface area (TPSA) is 21.3 Å². The third kappa shape index (κ3) is 6.96. The van der Waals surface area contributed by atoms with E-state index in [4.69, 9.17) is 0 Å². The summed E-state index contributed by atoms with van der Waals surface area (Å²) in [5, 5.41) is 12.0. The average Bonchev–Trinajstić information content (AvgIpc) is 4.38. The summed E-state index contributed by atoms with van der Waals surface area (Å²) in [6.07, 6.45) is 0. The summed E-state index contributed by atoms with van der Waals surface area (Å²) < 4.78 is 7.29. The normalized spacial score (nSPS) is 11.8. The smallest absolute Gasteiger partial charge is 0.0568 e. The highest BCUT2D eigenvalue weighted by atomic mass is 15.2. The molecule has 79 heavy (non-hydrogen) atoms. The summed E-state index contributed by atoms with van der Waals surface area (Å²) in [5.74, 6) is 0. The van der Waals surface area contributed by atoms with Crippen LogP contribution in [0.5, 0.6) is 0 Å². The van der Waals surface area contributed by atoms with Crippen LogP contribution in [0.3, 0.4) is 0 Å². The lowest BCUT2D eigenvalue weighted by Crippen LogP contribution is -2.11. The maximum Gasteiger partial charge on any atom is 0.0568 e. The predicted molar refractivity (Wildman–Crippen MR) is 334 cm³/mol. The molecule has 16 aromatic rings. The Labute approximate surface area is 456 Å². The summed E-state index contributed by atoms with van der Waals surface area (Å²) in [4.78, 5) is 4.93. The molecule has 0 unspecified atom stereocenters. The van der Waals surface area contributed by atoms with E-state index < -0.39 is 0 Å². The van der Waals surface area contributed by atoms with E-state index in [2.05, 4.69) is 321 Å². The molecule has 0 atom stereocenters. The molecule has 3 heterocycles. The van der Waals surface area contributed by atoms with Gasteiger partial charge in [-0.05, 0) is 132 Å². The molecular weight excluding hydrogens is 959 g/mol. The third-order valence-corrected chi connectivity index (χ3v) is 16.1. The van der Waals surface area contributed by atoms with E-state index >= 15 is 0 Å². The van der Waals surface area contributed by atoms with Crippen molar-refractivity contribution in [2.24, 2.45) is 0 Å². The molecule has 13 aromatic carbocycles. The number of hydrogen-bond acceptors (Lipinski definition) is 2. The van der Waals surface area contributed by atoms with Crippen molar-refractivity contribution < 1.29 is 0 Å². The standard InChI is InChI=1S/C74H49N5/c1-6-24-50(25-7-1)75(55-42-44-67-63(46-55)59-36-20-22-40-65(59)77(67)52-28-10-3-11-29-52)69-48-71-73(61-38-18-16-34-57(61)69)74-62-39-19-17-35-58(62)70(49-72(74)79(71)54-32-14-5-15-33-54)76(51-26-8-2-9-27-51)56-43-45-68-64(47-56)60-37-21-23-41-66(60)78(68)53-30-12-4-13-31-53/h1-49H. The molecule has 0 aliphatic carbocycles. The van der Waals surface area contributed by atoms with Crippen LogP contribution < -0.4 is 9.80 Å². The van der Waals surface area contributed by atoms with Crippen LogP contribution in [0.4, 0.5) is 34.1 Å². The predicted octanol–water partition coefficient (Wildman–Crippen LogP) is 20.2. The van der Waals surface area contributed by atoms with Gasteiger partial charge >= 0.3 is 0 Å². The van der Waals surface area contributed by atoms with Crippen LogP contribution in [0, 0.1) is 0 Å². The molecule has 0 saturated heterocycles. The highest BCUT2D eigenvalue weighted by molar-refractivity contribution is 6.32. The number of anilines is 6. The number of fused-ring (bicyclic) bond motifs is 13. The Kier molecular flexibility index (Phi) is 10.2. The molecule has 16 rings (SSSR count). The second kappa shape index (κ2) is 18.0. The third-order valence-electron chi connectivity index (χ3n) is 16.1. The molecule has 0 spiro atoms. The highest BCUT2D eigenvalue weighted by Crippen LogP contribution is 2.51. The first kappa shape index (κ1) is 44.7. The van der Waals surface area contributed by atoms with Gasteiger partial charge in [-0.15, -0.1) is 0 Å². The molecule has 0 fully saturated rings. The van der Waals surface area contributed by atoms with Crippen molar-refractivity contribution in [2.45, 2.75) is 0 Å². The molecule has 0 N–H and O–H groups in total. The summed E-state index contributed by atoms with van der Waals surface area (Å²) in [6, 6.07) is 109. The number of aromatic nitrogens is 3. The lowest BCUT2D eigenvalue weighted by molar-refractivity contribution is 1.17. The minimum Gasteiger partial charge on any atom is -0.310 e. The summed E-state index contributed by atoms with van der Waals surface area (Å²) in [5.41, 5.74) is 16.8. The van der Waals surface area contributed by atoms with Crippen LogP contribution in [-0.2, 0) is 0 Å². The molecular formula is C74H49N5. The second-order valence-electron chi connectivity index (χ2n) is 20.5. The maximum atomic E-state index is 2.51.